The summed E-state index contributed by atoms with van der Waals surface area (Å²) in [6.07, 6.45) is -0.911. The Kier molecular flexibility index (Phi) is 4.76. The van der Waals surface area contributed by atoms with Crippen LogP contribution >= 0.6 is 11.3 Å². The highest BCUT2D eigenvalue weighted by atomic mass is 32.2. The van der Waals surface area contributed by atoms with Crippen molar-refractivity contribution in [3.05, 3.63) is 35.7 Å². The summed E-state index contributed by atoms with van der Waals surface area (Å²) in [5.41, 5.74) is 0. The van der Waals surface area contributed by atoms with Crippen molar-refractivity contribution in [2.75, 3.05) is 20.0 Å². The highest BCUT2D eigenvalue weighted by Gasteiger charge is 2.51. The van der Waals surface area contributed by atoms with Crippen molar-refractivity contribution in [1.82, 2.24) is 24.9 Å². The van der Waals surface area contributed by atoms with Crippen LogP contribution in [0.2, 0.25) is 0 Å². The molecule has 3 aliphatic rings. The van der Waals surface area contributed by atoms with Gasteiger partial charge in [-0.15, -0.1) is 11.3 Å². The van der Waals surface area contributed by atoms with Crippen molar-refractivity contribution >= 4 is 21.4 Å². The first-order valence-electron chi connectivity index (χ1n) is 9.73. The summed E-state index contributed by atoms with van der Waals surface area (Å²) >= 11 is 1.15. The fourth-order valence-electron chi connectivity index (χ4n) is 3.97. The Balaban J connectivity index is 1.18. The molecule has 32 heavy (non-hydrogen) atoms. The van der Waals surface area contributed by atoms with Crippen LogP contribution in [0.3, 0.4) is 0 Å². The van der Waals surface area contributed by atoms with E-state index in [0.29, 0.717) is 17.2 Å². The fraction of sp³-hybridized carbons (Fsp3) is 0.389. The number of hydrogen-bond acceptors (Lipinski definition) is 11. The van der Waals surface area contributed by atoms with Crippen molar-refractivity contribution in [3.8, 4) is 23.3 Å². The highest BCUT2D eigenvalue weighted by molar-refractivity contribution is 7.91. The SMILES string of the molecule is O=S(=O)(N[C@H]1CO[C@H]2[C@@H]1OC[C@@H]2n1nnnc1Oc1ccc2c(c1)OCO2)c1cccs1. The van der Waals surface area contributed by atoms with Gasteiger partial charge < -0.3 is 23.7 Å². The first-order valence-corrected chi connectivity index (χ1v) is 12.1. The molecule has 0 radical (unpaired) electrons. The Hall–Kier alpha value is -2.78. The van der Waals surface area contributed by atoms with E-state index in [0.717, 1.165) is 11.3 Å². The Morgan fingerprint density at radius 3 is 2.88 bits per heavy atom. The quantitative estimate of drug-likeness (QED) is 0.544. The molecule has 5 heterocycles. The topological polar surface area (TPSA) is 136 Å². The molecule has 4 atom stereocenters. The molecule has 0 unspecified atom stereocenters. The summed E-state index contributed by atoms with van der Waals surface area (Å²) in [5, 5.41) is 13.4. The number of ether oxygens (including phenoxy) is 5. The van der Waals surface area contributed by atoms with Crippen LogP contribution < -0.4 is 18.9 Å². The van der Waals surface area contributed by atoms with Gasteiger partial charge in [-0.2, -0.15) is 4.68 Å². The van der Waals surface area contributed by atoms with E-state index in [1.165, 1.54) is 4.68 Å². The lowest BCUT2D eigenvalue weighted by atomic mass is 10.1. The summed E-state index contributed by atoms with van der Waals surface area (Å²) in [6, 6.07) is 7.66. The first kappa shape index (κ1) is 19.9. The van der Waals surface area contributed by atoms with E-state index in [9.17, 15) is 8.42 Å². The molecule has 0 saturated carbocycles. The Bertz CT molecular complexity index is 1230. The van der Waals surface area contributed by atoms with Crippen molar-refractivity contribution in [2.24, 2.45) is 0 Å². The summed E-state index contributed by atoms with van der Waals surface area (Å²) in [7, 11) is -3.65. The molecule has 2 aromatic heterocycles. The van der Waals surface area contributed by atoms with Gasteiger partial charge in [0.15, 0.2) is 11.5 Å². The predicted octanol–water partition coefficient (Wildman–Crippen LogP) is 0.941. The van der Waals surface area contributed by atoms with Crippen LogP contribution in [0.25, 0.3) is 0 Å². The summed E-state index contributed by atoms with van der Waals surface area (Å²) in [5.74, 6) is 1.69. The average molecular weight is 479 g/mol. The van der Waals surface area contributed by atoms with Crippen LogP contribution in [0.1, 0.15) is 6.04 Å². The number of fused-ring (bicyclic) bond motifs is 2. The van der Waals surface area contributed by atoms with E-state index in [1.54, 1.807) is 35.7 Å². The van der Waals surface area contributed by atoms with E-state index in [2.05, 4.69) is 20.2 Å². The molecule has 14 heteroatoms. The Morgan fingerprint density at radius 2 is 2.00 bits per heavy atom. The van der Waals surface area contributed by atoms with Gasteiger partial charge >= 0.3 is 6.01 Å². The molecule has 6 rings (SSSR count). The monoisotopic (exact) mass is 479 g/mol. The smallest absolute Gasteiger partial charge is 0.341 e. The average Bonchev–Trinajstić information content (AvgIpc) is 3.57. The number of benzene rings is 1. The minimum Gasteiger partial charge on any atom is -0.454 e. The third-order valence-corrected chi connectivity index (χ3v) is 8.31. The van der Waals surface area contributed by atoms with E-state index in [1.807, 2.05) is 0 Å². The number of thiophene rings is 1. The molecule has 1 aromatic carbocycles. The first-order chi connectivity index (χ1) is 15.6. The number of nitrogens with zero attached hydrogens (tertiary/aromatic N) is 4. The molecule has 3 aromatic rings. The molecule has 12 nitrogen and oxygen atoms in total. The molecular weight excluding hydrogens is 462 g/mol. The summed E-state index contributed by atoms with van der Waals surface area (Å²) in [6.45, 7) is 0.583. The number of sulfonamides is 1. The van der Waals surface area contributed by atoms with Crippen LogP contribution in [-0.2, 0) is 19.5 Å². The largest absolute Gasteiger partial charge is 0.454 e. The van der Waals surface area contributed by atoms with Crippen LogP contribution in [0.5, 0.6) is 23.3 Å². The summed E-state index contributed by atoms with van der Waals surface area (Å²) in [4.78, 5) is 0. The molecule has 168 valence electrons. The van der Waals surface area contributed by atoms with Crippen molar-refractivity contribution in [2.45, 2.75) is 28.5 Å². The van der Waals surface area contributed by atoms with Gasteiger partial charge in [0.05, 0.1) is 19.3 Å². The molecule has 0 amide bonds. The second-order valence-electron chi connectivity index (χ2n) is 7.35. The van der Waals surface area contributed by atoms with Gasteiger partial charge in [-0.1, -0.05) is 11.2 Å². The van der Waals surface area contributed by atoms with E-state index in [4.69, 9.17) is 23.7 Å². The van der Waals surface area contributed by atoms with Crippen molar-refractivity contribution in [3.63, 3.8) is 0 Å². The highest BCUT2D eigenvalue weighted by Crippen LogP contribution is 2.39. The van der Waals surface area contributed by atoms with Gasteiger partial charge in [0.2, 0.25) is 16.8 Å². The van der Waals surface area contributed by atoms with Gasteiger partial charge in [0, 0.05) is 6.07 Å². The maximum atomic E-state index is 12.6. The lowest BCUT2D eigenvalue weighted by Crippen LogP contribution is -2.43. The Labute approximate surface area is 186 Å². The minimum absolute atomic E-state index is 0.157. The van der Waals surface area contributed by atoms with Crippen LogP contribution in [0, 0.1) is 0 Å². The maximum Gasteiger partial charge on any atom is 0.341 e. The third kappa shape index (κ3) is 3.40. The minimum atomic E-state index is -3.65. The predicted molar refractivity (Wildman–Crippen MR) is 107 cm³/mol. The van der Waals surface area contributed by atoms with E-state index >= 15 is 0 Å². The normalized spacial score (nSPS) is 26.4. The molecule has 2 saturated heterocycles. The van der Waals surface area contributed by atoms with Crippen LogP contribution in [0.4, 0.5) is 0 Å². The van der Waals surface area contributed by atoms with Gasteiger partial charge in [-0.05, 0) is 34.0 Å². The number of aromatic nitrogens is 4. The second-order valence-corrected chi connectivity index (χ2v) is 10.2. The fourth-order valence-corrected chi connectivity index (χ4v) is 6.21. The van der Waals surface area contributed by atoms with Gasteiger partial charge in [0.1, 0.15) is 28.2 Å². The molecule has 1 N–H and O–H groups in total. The van der Waals surface area contributed by atoms with Gasteiger partial charge in [-0.3, -0.25) is 0 Å². The number of hydrogen-bond donors (Lipinski definition) is 1. The molecule has 0 spiro atoms. The van der Waals surface area contributed by atoms with Crippen LogP contribution in [-0.4, -0.2) is 66.9 Å². The zero-order chi connectivity index (χ0) is 21.7. The maximum absolute atomic E-state index is 12.6. The lowest BCUT2D eigenvalue weighted by Gasteiger charge is -2.18. The Morgan fingerprint density at radius 1 is 1.12 bits per heavy atom. The van der Waals surface area contributed by atoms with E-state index in [-0.39, 0.29) is 36.3 Å². The number of rotatable bonds is 6. The standard InChI is InChI=1S/C18H17N5O7S2/c24-32(25,15-2-1-5-31-15)20-11-7-26-17-12(8-27-16(11)17)23-18(19-21-22-23)30-10-3-4-13-14(6-10)29-9-28-13/h1-6,11-12,16-17,20H,7-9H2/t11-,12-,16+,17+/m0/s1. The molecule has 2 fully saturated rings. The van der Waals surface area contributed by atoms with Crippen molar-refractivity contribution < 1.29 is 32.1 Å². The molecule has 0 aliphatic carbocycles. The number of nitrogens with one attached hydrogen (secondary N) is 1. The zero-order valence-corrected chi connectivity index (χ0v) is 18.0. The van der Waals surface area contributed by atoms with Crippen molar-refractivity contribution in [1.29, 1.82) is 0 Å². The lowest BCUT2D eigenvalue weighted by molar-refractivity contribution is 0.0615. The van der Waals surface area contributed by atoms with Gasteiger partial charge in [0.25, 0.3) is 0 Å². The zero-order valence-electron chi connectivity index (χ0n) is 16.4. The van der Waals surface area contributed by atoms with Crippen LogP contribution in [0.15, 0.2) is 39.9 Å². The summed E-state index contributed by atoms with van der Waals surface area (Å²) < 4.78 is 58.0. The van der Waals surface area contributed by atoms with E-state index < -0.39 is 28.3 Å². The van der Waals surface area contributed by atoms with Gasteiger partial charge in [-0.25, -0.2) is 13.1 Å². The molecular formula is C18H17N5O7S2. The third-order valence-electron chi connectivity index (χ3n) is 5.42. The molecule has 0 bridgehead atoms. The second kappa shape index (κ2) is 7.67. The number of tetrazole rings is 1. The molecule has 3 aliphatic heterocycles.